The number of aryl methyl sites for hydroxylation is 1. The summed E-state index contributed by atoms with van der Waals surface area (Å²) in [5.74, 6) is -0.325. The second-order valence-corrected chi connectivity index (χ2v) is 5.00. The topological polar surface area (TPSA) is 54.4 Å². The molecular formula is C18H15N3O. The quantitative estimate of drug-likeness (QED) is 0.594. The molecule has 0 aliphatic carbocycles. The minimum atomic E-state index is -0.325. The molecule has 1 heterocycles. The summed E-state index contributed by atoms with van der Waals surface area (Å²) in [6, 6.07) is 19.1. The number of carbonyl (C=O) groups is 1. The van der Waals surface area contributed by atoms with E-state index in [0.717, 1.165) is 16.5 Å². The minimum absolute atomic E-state index is 0.325. The van der Waals surface area contributed by atoms with Crippen LogP contribution in [0.5, 0.6) is 0 Å². The summed E-state index contributed by atoms with van der Waals surface area (Å²) in [5.41, 5.74) is 5.74. The van der Waals surface area contributed by atoms with Crippen molar-refractivity contribution in [3.63, 3.8) is 0 Å². The van der Waals surface area contributed by atoms with E-state index in [0.29, 0.717) is 5.69 Å². The zero-order chi connectivity index (χ0) is 15.4. The number of nitrogens with zero attached hydrogens (tertiary/aromatic N) is 2. The van der Waals surface area contributed by atoms with E-state index in [1.807, 2.05) is 61.5 Å². The van der Waals surface area contributed by atoms with Gasteiger partial charge in [0, 0.05) is 5.39 Å². The number of aromatic nitrogens is 1. The van der Waals surface area contributed by atoms with Gasteiger partial charge in [-0.05, 0) is 24.6 Å². The van der Waals surface area contributed by atoms with Crippen LogP contribution in [-0.2, 0) is 0 Å². The second-order valence-electron chi connectivity index (χ2n) is 5.00. The first kappa shape index (κ1) is 13.9. The molecule has 1 aromatic heterocycles. The van der Waals surface area contributed by atoms with E-state index >= 15 is 0 Å². The Labute approximate surface area is 128 Å². The Bertz CT molecular complexity index is 838. The summed E-state index contributed by atoms with van der Waals surface area (Å²) in [7, 11) is 0. The molecule has 0 unspecified atom stereocenters. The van der Waals surface area contributed by atoms with E-state index < -0.39 is 0 Å². The van der Waals surface area contributed by atoms with Gasteiger partial charge in [0.05, 0.1) is 11.7 Å². The van der Waals surface area contributed by atoms with Gasteiger partial charge < -0.3 is 0 Å². The molecule has 0 saturated heterocycles. The second kappa shape index (κ2) is 6.18. The Kier molecular flexibility index (Phi) is 3.92. The standard InChI is InChI=1S/C18H15N3O/c1-13-6-8-14(9-7-13)12-19-21-18(22)17-11-10-15-4-2-3-5-16(15)20-17/h2-12H,1H3,(H,21,22)/b19-12+. The number of pyridine rings is 1. The lowest BCUT2D eigenvalue weighted by Gasteiger charge is -2.01. The normalized spacial score (nSPS) is 11.0. The molecule has 4 heteroatoms. The summed E-state index contributed by atoms with van der Waals surface area (Å²) in [6.45, 7) is 2.02. The van der Waals surface area contributed by atoms with Crippen molar-refractivity contribution in [3.8, 4) is 0 Å². The molecule has 0 radical (unpaired) electrons. The SMILES string of the molecule is Cc1ccc(/C=N/NC(=O)c2ccc3ccccc3n2)cc1. The van der Waals surface area contributed by atoms with Gasteiger partial charge in [0.2, 0.25) is 0 Å². The van der Waals surface area contributed by atoms with Crippen molar-refractivity contribution in [2.45, 2.75) is 6.92 Å². The lowest BCUT2D eigenvalue weighted by Crippen LogP contribution is -2.18. The fraction of sp³-hybridized carbons (Fsp3) is 0.0556. The van der Waals surface area contributed by atoms with Crippen LogP contribution < -0.4 is 5.43 Å². The molecule has 3 rings (SSSR count). The number of benzene rings is 2. The summed E-state index contributed by atoms with van der Waals surface area (Å²) in [5, 5.41) is 4.97. The third-order valence-electron chi connectivity index (χ3n) is 3.29. The third-order valence-corrected chi connectivity index (χ3v) is 3.29. The molecule has 1 N–H and O–H groups in total. The summed E-state index contributed by atoms with van der Waals surface area (Å²) >= 11 is 0. The van der Waals surface area contributed by atoms with Gasteiger partial charge in [-0.15, -0.1) is 0 Å². The molecule has 0 aliphatic rings. The first-order valence-electron chi connectivity index (χ1n) is 6.98. The predicted octanol–water partition coefficient (Wildman–Crippen LogP) is 3.31. The van der Waals surface area contributed by atoms with Gasteiger partial charge in [0.1, 0.15) is 5.69 Å². The van der Waals surface area contributed by atoms with Crippen molar-refractivity contribution in [1.82, 2.24) is 10.4 Å². The van der Waals surface area contributed by atoms with Crippen LogP contribution in [0.3, 0.4) is 0 Å². The van der Waals surface area contributed by atoms with Crippen LogP contribution in [0.15, 0.2) is 65.8 Å². The first-order chi connectivity index (χ1) is 10.7. The van der Waals surface area contributed by atoms with Gasteiger partial charge in [-0.3, -0.25) is 4.79 Å². The van der Waals surface area contributed by atoms with Crippen molar-refractivity contribution in [1.29, 1.82) is 0 Å². The van der Waals surface area contributed by atoms with Crippen molar-refractivity contribution in [2.75, 3.05) is 0 Å². The van der Waals surface area contributed by atoms with Crippen LogP contribution in [-0.4, -0.2) is 17.1 Å². The maximum Gasteiger partial charge on any atom is 0.289 e. The Morgan fingerprint density at radius 3 is 2.64 bits per heavy atom. The molecule has 4 nitrogen and oxygen atoms in total. The van der Waals surface area contributed by atoms with Gasteiger partial charge in [0.25, 0.3) is 5.91 Å². The number of nitrogens with one attached hydrogen (secondary N) is 1. The van der Waals surface area contributed by atoms with E-state index in [1.54, 1.807) is 12.3 Å². The molecule has 0 atom stereocenters. The lowest BCUT2D eigenvalue weighted by molar-refractivity contribution is 0.0950. The van der Waals surface area contributed by atoms with Crippen molar-refractivity contribution in [2.24, 2.45) is 5.10 Å². The first-order valence-corrected chi connectivity index (χ1v) is 6.98. The monoisotopic (exact) mass is 289 g/mol. The molecule has 22 heavy (non-hydrogen) atoms. The number of amides is 1. The maximum atomic E-state index is 12.0. The van der Waals surface area contributed by atoms with Crippen LogP contribution in [0.25, 0.3) is 10.9 Å². The van der Waals surface area contributed by atoms with Crippen LogP contribution in [0.4, 0.5) is 0 Å². The van der Waals surface area contributed by atoms with Crippen LogP contribution in [0, 0.1) is 6.92 Å². The minimum Gasteiger partial charge on any atom is -0.266 e. The van der Waals surface area contributed by atoms with Gasteiger partial charge in [-0.1, -0.05) is 54.1 Å². The zero-order valence-electron chi connectivity index (χ0n) is 12.2. The highest BCUT2D eigenvalue weighted by molar-refractivity contribution is 5.95. The lowest BCUT2D eigenvalue weighted by atomic mass is 10.2. The number of rotatable bonds is 3. The van der Waals surface area contributed by atoms with E-state index in [9.17, 15) is 4.79 Å². The molecule has 0 fully saturated rings. The number of hydrogen-bond donors (Lipinski definition) is 1. The molecule has 0 bridgehead atoms. The van der Waals surface area contributed by atoms with Crippen molar-refractivity contribution < 1.29 is 4.79 Å². The Balaban J connectivity index is 1.71. The highest BCUT2D eigenvalue weighted by Gasteiger charge is 2.06. The summed E-state index contributed by atoms with van der Waals surface area (Å²) < 4.78 is 0. The molecule has 0 aliphatic heterocycles. The van der Waals surface area contributed by atoms with Crippen molar-refractivity contribution in [3.05, 3.63) is 77.5 Å². The molecule has 1 amide bonds. The highest BCUT2D eigenvalue weighted by atomic mass is 16.2. The van der Waals surface area contributed by atoms with Gasteiger partial charge >= 0.3 is 0 Å². The van der Waals surface area contributed by atoms with E-state index in [-0.39, 0.29) is 5.91 Å². The molecule has 0 saturated carbocycles. The van der Waals surface area contributed by atoms with Crippen LogP contribution in [0.2, 0.25) is 0 Å². The molecule has 3 aromatic rings. The van der Waals surface area contributed by atoms with Crippen LogP contribution >= 0.6 is 0 Å². The molecule has 0 spiro atoms. The largest absolute Gasteiger partial charge is 0.289 e. The van der Waals surface area contributed by atoms with E-state index in [1.165, 1.54) is 5.56 Å². The number of hydrogen-bond acceptors (Lipinski definition) is 3. The average Bonchev–Trinajstić information content (AvgIpc) is 2.56. The van der Waals surface area contributed by atoms with Gasteiger partial charge in [-0.25, -0.2) is 10.4 Å². The maximum absolute atomic E-state index is 12.0. The van der Waals surface area contributed by atoms with Gasteiger partial charge in [0.15, 0.2) is 0 Å². The molecular weight excluding hydrogens is 274 g/mol. The van der Waals surface area contributed by atoms with E-state index in [4.69, 9.17) is 0 Å². The Morgan fingerprint density at radius 2 is 1.82 bits per heavy atom. The number of fused-ring (bicyclic) bond motifs is 1. The Hall–Kier alpha value is -3.01. The smallest absolute Gasteiger partial charge is 0.266 e. The summed E-state index contributed by atoms with van der Waals surface area (Å²) in [6.07, 6.45) is 1.61. The summed E-state index contributed by atoms with van der Waals surface area (Å²) in [4.78, 5) is 16.4. The number of para-hydroxylation sites is 1. The van der Waals surface area contributed by atoms with E-state index in [2.05, 4.69) is 15.5 Å². The predicted molar refractivity (Wildman–Crippen MR) is 88.0 cm³/mol. The third kappa shape index (κ3) is 3.17. The average molecular weight is 289 g/mol. The Morgan fingerprint density at radius 1 is 1.05 bits per heavy atom. The molecule has 2 aromatic carbocycles. The highest BCUT2D eigenvalue weighted by Crippen LogP contribution is 2.11. The number of hydrazone groups is 1. The molecule has 108 valence electrons. The fourth-order valence-electron chi connectivity index (χ4n) is 2.07. The van der Waals surface area contributed by atoms with Crippen molar-refractivity contribution >= 4 is 23.0 Å². The van der Waals surface area contributed by atoms with Crippen LogP contribution in [0.1, 0.15) is 21.6 Å². The number of carbonyl (C=O) groups excluding carboxylic acids is 1. The fourth-order valence-corrected chi connectivity index (χ4v) is 2.07. The van der Waals surface area contributed by atoms with Gasteiger partial charge in [-0.2, -0.15) is 5.10 Å². The zero-order valence-corrected chi connectivity index (χ0v) is 12.2.